The molecule has 0 fully saturated rings. The van der Waals surface area contributed by atoms with E-state index in [0.717, 1.165) is 5.56 Å². The van der Waals surface area contributed by atoms with E-state index in [-0.39, 0.29) is 18.9 Å². The van der Waals surface area contributed by atoms with E-state index in [0.29, 0.717) is 5.75 Å². The topological polar surface area (TPSA) is 71.5 Å². The molecule has 5 nitrogen and oxygen atoms in total. The van der Waals surface area contributed by atoms with Gasteiger partial charge in [0.1, 0.15) is 6.61 Å². The summed E-state index contributed by atoms with van der Waals surface area (Å²) in [4.78, 5) is 16.4. The van der Waals surface area contributed by atoms with Crippen molar-refractivity contribution in [1.82, 2.24) is 10.3 Å². The standard InChI is InChI=1S/C17H18N2O3/c1-2-11-22-15-9-6-10-18-16(15)17(21)19-14(12-20)13-7-4-3-5-8-13/h2-10,14,20H,1,11-12H2,(H,19,21)/t14-/m1/s1. The van der Waals surface area contributed by atoms with E-state index in [1.807, 2.05) is 30.3 Å². The van der Waals surface area contributed by atoms with Crippen LogP contribution in [0.4, 0.5) is 0 Å². The largest absolute Gasteiger partial charge is 0.487 e. The van der Waals surface area contributed by atoms with Gasteiger partial charge in [0, 0.05) is 6.20 Å². The van der Waals surface area contributed by atoms with Crippen LogP contribution in [0.2, 0.25) is 0 Å². The molecule has 1 heterocycles. The molecule has 22 heavy (non-hydrogen) atoms. The molecule has 2 N–H and O–H groups in total. The lowest BCUT2D eigenvalue weighted by atomic mass is 10.1. The Morgan fingerprint density at radius 2 is 2.09 bits per heavy atom. The number of aliphatic hydroxyl groups excluding tert-OH is 1. The zero-order valence-electron chi connectivity index (χ0n) is 12.1. The van der Waals surface area contributed by atoms with E-state index < -0.39 is 11.9 Å². The van der Waals surface area contributed by atoms with Crippen LogP contribution in [0.5, 0.6) is 5.75 Å². The van der Waals surface area contributed by atoms with Crippen molar-refractivity contribution in [2.24, 2.45) is 0 Å². The molecule has 0 aliphatic carbocycles. The number of nitrogens with one attached hydrogen (secondary N) is 1. The second-order valence-electron chi connectivity index (χ2n) is 4.57. The second-order valence-corrected chi connectivity index (χ2v) is 4.57. The van der Waals surface area contributed by atoms with Gasteiger partial charge in [-0.25, -0.2) is 4.98 Å². The molecule has 1 aromatic heterocycles. The summed E-state index contributed by atoms with van der Waals surface area (Å²) in [5.74, 6) is -0.0211. The molecule has 5 heteroatoms. The predicted molar refractivity (Wildman–Crippen MR) is 83.7 cm³/mol. The number of ether oxygens (including phenoxy) is 1. The molecule has 0 aliphatic heterocycles. The fraction of sp³-hybridized carbons (Fsp3) is 0.176. The van der Waals surface area contributed by atoms with Gasteiger partial charge in [-0.2, -0.15) is 0 Å². The molecule has 0 saturated heterocycles. The molecular formula is C17H18N2O3. The van der Waals surface area contributed by atoms with Crippen LogP contribution in [-0.4, -0.2) is 29.2 Å². The third kappa shape index (κ3) is 3.93. The first-order valence-corrected chi connectivity index (χ1v) is 6.91. The fourth-order valence-electron chi connectivity index (χ4n) is 1.97. The van der Waals surface area contributed by atoms with Crippen LogP contribution < -0.4 is 10.1 Å². The maximum Gasteiger partial charge on any atom is 0.274 e. The van der Waals surface area contributed by atoms with Crippen molar-refractivity contribution in [2.75, 3.05) is 13.2 Å². The summed E-state index contributed by atoms with van der Waals surface area (Å²) in [6, 6.07) is 12.1. The molecule has 0 saturated carbocycles. The third-order valence-corrected chi connectivity index (χ3v) is 3.03. The molecule has 0 radical (unpaired) electrons. The van der Waals surface area contributed by atoms with Gasteiger partial charge in [-0.1, -0.05) is 43.0 Å². The van der Waals surface area contributed by atoms with Crippen LogP contribution in [0.3, 0.4) is 0 Å². The van der Waals surface area contributed by atoms with E-state index in [1.54, 1.807) is 18.2 Å². The van der Waals surface area contributed by atoms with Gasteiger partial charge in [0.2, 0.25) is 0 Å². The van der Waals surface area contributed by atoms with Gasteiger partial charge in [-0.05, 0) is 17.7 Å². The lowest BCUT2D eigenvalue weighted by Gasteiger charge is -2.17. The van der Waals surface area contributed by atoms with Gasteiger partial charge in [-0.15, -0.1) is 0 Å². The average Bonchev–Trinajstić information content (AvgIpc) is 2.58. The number of carbonyl (C=O) groups is 1. The van der Waals surface area contributed by atoms with Crippen LogP contribution in [0.25, 0.3) is 0 Å². The van der Waals surface area contributed by atoms with Gasteiger partial charge < -0.3 is 15.2 Å². The fourth-order valence-corrected chi connectivity index (χ4v) is 1.97. The summed E-state index contributed by atoms with van der Waals surface area (Å²) in [5.41, 5.74) is 1.00. The number of hydrogen-bond acceptors (Lipinski definition) is 4. The molecule has 1 aromatic carbocycles. The SMILES string of the molecule is C=CCOc1cccnc1C(=O)N[C@H](CO)c1ccccc1. The molecule has 0 spiro atoms. The molecule has 0 bridgehead atoms. The third-order valence-electron chi connectivity index (χ3n) is 3.03. The number of benzene rings is 1. The lowest BCUT2D eigenvalue weighted by Crippen LogP contribution is -2.31. The Labute approximate surface area is 129 Å². The number of carbonyl (C=O) groups excluding carboxylic acids is 1. The van der Waals surface area contributed by atoms with Crippen molar-refractivity contribution < 1.29 is 14.6 Å². The first kappa shape index (κ1) is 15.7. The Morgan fingerprint density at radius 3 is 2.77 bits per heavy atom. The van der Waals surface area contributed by atoms with E-state index >= 15 is 0 Å². The molecule has 0 unspecified atom stereocenters. The normalized spacial score (nSPS) is 11.5. The molecule has 0 aliphatic rings. The number of aliphatic hydroxyl groups is 1. The monoisotopic (exact) mass is 298 g/mol. The molecule has 1 amide bonds. The van der Waals surface area contributed by atoms with E-state index in [4.69, 9.17) is 4.74 Å². The highest BCUT2D eigenvalue weighted by molar-refractivity contribution is 5.95. The maximum absolute atomic E-state index is 12.4. The Hall–Kier alpha value is -2.66. The molecule has 114 valence electrons. The van der Waals surface area contributed by atoms with Crippen molar-refractivity contribution in [2.45, 2.75) is 6.04 Å². The van der Waals surface area contributed by atoms with Gasteiger partial charge in [0.05, 0.1) is 12.6 Å². The summed E-state index contributed by atoms with van der Waals surface area (Å²) in [5, 5.41) is 12.3. The number of hydrogen-bond donors (Lipinski definition) is 2. The van der Waals surface area contributed by atoms with E-state index in [9.17, 15) is 9.90 Å². The van der Waals surface area contributed by atoms with Crippen LogP contribution in [0.15, 0.2) is 61.3 Å². The summed E-state index contributed by atoms with van der Waals surface area (Å²) in [6.45, 7) is 3.66. The summed E-state index contributed by atoms with van der Waals surface area (Å²) in [7, 11) is 0. The Kier molecular flexibility index (Phi) is 5.68. The molecular weight excluding hydrogens is 280 g/mol. The smallest absolute Gasteiger partial charge is 0.274 e. The Morgan fingerprint density at radius 1 is 1.32 bits per heavy atom. The van der Waals surface area contributed by atoms with Crippen LogP contribution >= 0.6 is 0 Å². The van der Waals surface area contributed by atoms with Gasteiger partial charge >= 0.3 is 0 Å². The minimum Gasteiger partial charge on any atom is -0.487 e. The lowest BCUT2D eigenvalue weighted by molar-refractivity contribution is 0.0907. The number of nitrogens with zero attached hydrogens (tertiary/aromatic N) is 1. The van der Waals surface area contributed by atoms with Crippen molar-refractivity contribution >= 4 is 5.91 Å². The highest BCUT2D eigenvalue weighted by Gasteiger charge is 2.18. The number of pyridine rings is 1. The molecule has 2 rings (SSSR count). The zero-order chi connectivity index (χ0) is 15.8. The first-order chi connectivity index (χ1) is 10.8. The maximum atomic E-state index is 12.4. The summed E-state index contributed by atoms with van der Waals surface area (Å²) >= 11 is 0. The van der Waals surface area contributed by atoms with Gasteiger partial charge in [-0.3, -0.25) is 4.79 Å². The van der Waals surface area contributed by atoms with Crippen molar-refractivity contribution in [3.8, 4) is 5.75 Å². The predicted octanol–water partition coefficient (Wildman–Crippen LogP) is 2.11. The van der Waals surface area contributed by atoms with Gasteiger partial charge in [0.25, 0.3) is 5.91 Å². The van der Waals surface area contributed by atoms with Crippen molar-refractivity contribution in [1.29, 1.82) is 0 Å². The number of aromatic nitrogens is 1. The zero-order valence-corrected chi connectivity index (χ0v) is 12.1. The van der Waals surface area contributed by atoms with Crippen LogP contribution in [0, 0.1) is 0 Å². The number of amides is 1. The molecule has 1 atom stereocenters. The number of rotatable bonds is 7. The summed E-state index contributed by atoms with van der Waals surface area (Å²) < 4.78 is 5.42. The van der Waals surface area contributed by atoms with Crippen LogP contribution in [-0.2, 0) is 0 Å². The van der Waals surface area contributed by atoms with Crippen LogP contribution in [0.1, 0.15) is 22.1 Å². The average molecular weight is 298 g/mol. The highest BCUT2D eigenvalue weighted by Crippen LogP contribution is 2.18. The van der Waals surface area contributed by atoms with Crippen molar-refractivity contribution in [3.63, 3.8) is 0 Å². The second kappa shape index (κ2) is 7.95. The minimum absolute atomic E-state index is 0.179. The Balaban J connectivity index is 2.16. The first-order valence-electron chi connectivity index (χ1n) is 6.91. The van der Waals surface area contributed by atoms with Gasteiger partial charge in [0.15, 0.2) is 11.4 Å². The van der Waals surface area contributed by atoms with E-state index in [2.05, 4.69) is 16.9 Å². The molecule has 2 aromatic rings. The quantitative estimate of drug-likeness (QED) is 0.768. The minimum atomic E-state index is -0.497. The van der Waals surface area contributed by atoms with E-state index in [1.165, 1.54) is 6.20 Å². The summed E-state index contributed by atoms with van der Waals surface area (Å²) in [6.07, 6.45) is 3.11. The Bertz CT molecular complexity index is 629. The van der Waals surface area contributed by atoms with Crippen molar-refractivity contribution in [3.05, 3.63) is 72.6 Å². The highest BCUT2D eigenvalue weighted by atomic mass is 16.5.